The van der Waals surface area contributed by atoms with Gasteiger partial charge in [-0.2, -0.15) is 0 Å². The summed E-state index contributed by atoms with van der Waals surface area (Å²) in [5.74, 6) is -0.259. The minimum Gasteiger partial charge on any atom is -0.459 e. The van der Waals surface area contributed by atoms with Gasteiger partial charge in [-0.3, -0.25) is 0 Å². The van der Waals surface area contributed by atoms with Crippen molar-refractivity contribution >= 4 is 5.97 Å². The molecular formula is C13H20O3. The predicted molar refractivity (Wildman–Crippen MR) is 64.3 cm³/mol. The molecule has 1 rings (SSSR count). The van der Waals surface area contributed by atoms with Crippen molar-refractivity contribution in [1.29, 1.82) is 0 Å². The molecule has 0 radical (unpaired) electrons. The van der Waals surface area contributed by atoms with Crippen molar-refractivity contribution in [3.05, 3.63) is 35.9 Å². The van der Waals surface area contributed by atoms with Gasteiger partial charge in [-0.05, 0) is 39.8 Å². The maximum Gasteiger partial charge on any atom is 0.338 e. The van der Waals surface area contributed by atoms with Gasteiger partial charge in [0.2, 0.25) is 0 Å². The van der Waals surface area contributed by atoms with Gasteiger partial charge in [0, 0.05) is 6.10 Å². The van der Waals surface area contributed by atoms with Crippen LogP contribution in [-0.4, -0.2) is 23.3 Å². The third kappa shape index (κ3) is 8.00. The standard InChI is InChI=1S/C10H12O2.C3H8O/c1-8(2)12-10(11)9-6-4-3-5-7-9;1-3(2)4/h3-8H,1-2H3;3-4H,1-2H3. The first kappa shape index (κ1) is 14.6. The highest BCUT2D eigenvalue weighted by atomic mass is 16.5. The molecule has 3 heteroatoms. The second kappa shape index (κ2) is 7.88. The highest BCUT2D eigenvalue weighted by Gasteiger charge is 2.06. The molecule has 0 saturated heterocycles. The monoisotopic (exact) mass is 224 g/mol. The minimum absolute atomic E-state index is 0.0577. The van der Waals surface area contributed by atoms with E-state index in [2.05, 4.69) is 0 Å². The fourth-order valence-electron chi connectivity index (χ4n) is 0.856. The van der Waals surface area contributed by atoms with E-state index < -0.39 is 0 Å². The lowest BCUT2D eigenvalue weighted by Crippen LogP contribution is -2.11. The Labute approximate surface area is 97.1 Å². The molecule has 0 saturated carbocycles. The van der Waals surface area contributed by atoms with Crippen LogP contribution < -0.4 is 0 Å². The second-order valence-corrected chi connectivity index (χ2v) is 3.91. The van der Waals surface area contributed by atoms with Gasteiger partial charge in [0.1, 0.15) is 0 Å². The van der Waals surface area contributed by atoms with Crippen molar-refractivity contribution in [1.82, 2.24) is 0 Å². The Balaban J connectivity index is 0.000000487. The average molecular weight is 224 g/mol. The number of hydrogen-bond acceptors (Lipinski definition) is 3. The normalized spacial score (nSPS) is 9.69. The summed E-state index contributed by atoms with van der Waals surface area (Å²) in [5, 5.41) is 8.06. The van der Waals surface area contributed by atoms with Crippen LogP contribution in [0.1, 0.15) is 38.1 Å². The van der Waals surface area contributed by atoms with Crippen molar-refractivity contribution < 1.29 is 14.6 Å². The second-order valence-electron chi connectivity index (χ2n) is 3.91. The number of aliphatic hydroxyl groups is 1. The summed E-state index contributed by atoms with van der Waals surface area (Å²) in [4.78, 5) is 11.2. The molecule has 0 aliphatic heterocycles. The lowest BCUT2D eigenvalue weighted by molar-refractivity contribution is 0.0378. The van der Waals surface area contributed by atoms with Gasteiger partial charge in [-0.25, -0.2) is 4.79 Å². The summed E-state index contributed by atoms with van der Waals surface area (Å²) in [6, 6.07) is 8.98. The fraction of sp³-hybridized carbons (Fsp3) is 0.462. The minimum atomic E-state index is -0.259. The van der Waals surface area contributed by atoms with E-state index in [1.807, 2.05) is 32.0 Å². The van der Waals surface area contributed by atoms with Crippen LogP contribution in [0.5, 0.6) is 0 Å². The Kier molecular flexibility index (Phi) is 7.21. The number of esters is 1. The van der Waals surface area contributed by atoms with E-state index in [0.29, 0.717) is 5.56 Å². The molecule has 0 aromatic heterocycles. The number of ether oxygens (including phenoxy) is 1. The Hall–Kier alpha value is -1.35. The maximum absolute atomic E-state index is 11.2. The number of hydrogen-bond donors (Lipinski definition) is 1. The van der Waals surface area contributed by atoms with Crippen molar-refractivity contribution in [2.24, 2.45) is 0 Å². The van der Waals surface area contributed by atoms with Crippen LogP contribution in [0.3, 0.4) is 0 Å². The van der Waals surface area contributed by atoms with Gasteiger partial charge < -0.3 is 9.84 Å². The third-order valence-electron chi connectivity index (χ3n) is 1.35. The van der Waals surface area contributed by atoms with Gasteiger partial charge in [-0.1, -0.05) is 18.2 Å². The highest BCUT2D eigenvalue weighted by molar-refractivity contribution is 5.89. The number of benzene rings is 1. The number of carbonyl (C=O) groups excluding carboxylic acids is 1. The molecule has 0 aliphatic rings. The van der Waals surface area contributed by atoms with E-state index in [1.165, 1.54) is 0 Å². The number of carbonyl (C=O) groups is 1. The molecule has 0 unspecified atom stereocenters. The summed E-state index contributed by atoms with van der Waals surface area (Å²) in [6.07, 6.45) is -0.224. The third-order valence-corrected chi connectivity index (χ3v) is 1.35. The molecular weight excluding hydrogens is 204 g/mol. The van der Waals surface area contributed by atoms with Crippen molar-refractivity contribution in [3.63, 3.8) is 0 Å². The van der Waals surface area contributed by atoms with Crippen molar-refractivity contribution in [3.8, 4) is 0 Å². The van der Waals surface area contributed by atoms with E-state index in [-0.39, 0.29) is 18.2 Å². The van der Waals surface area contributed by atoms with Gasteiger partial charge in [0.05, 0.1) is 11.7 Å². The van der Waals surface area contributed by atoms with Crippen LogP contribution in [0.2, 0.25) is 0 Å². The first-order valence-electron chi connectivity index (χ1n) is 5.37. The largest absolute Gasteiger partial charge is 0.459 e. The van der Waals surface area contributed by atoms with Crippen molar-refractivity contribution in [2.45, 2.75) is 39.9 Å². The molecule has 90 valence electrons. The Morgan fingerprint density at radius 1 is 1.12 bits per heavy atom. The van der Waals surface area contributed by atoms with Crippen molar-refractivity contribution in [2.75, 3.05) is 0 Å². The molecule has 0 bridgehead atoms. The molecule has 1 aromatic rings. The SMILES string of the molecule is CC(C)O.CC(C)OC(=O)c1ccccc1. The topological polar surface area (TPSA) is 46.5 Å². The molecule has 0 aliphatic carbocycles. The first-order valence-corrected chi connectivity index (χ1v) is 5.37. The summed E-state index contributed by atoms with van der Waals surface area (Å²) in [5.41, 5.74) is 0.603. The first-order chi connectivity index (χ1) is 7.43. The van der Waals surface area contributed by atoms with E-state index in [4.69, 9.17) is 9.84 Å². The predicted octanol–water partition coefficient (Wildman–Crippen LogP) is 2.64. The molecule has 1 aromatic carbocycles. The van der Waals surface area contributed by atoms with Gasteiger partial charge in [0.25, 0.3) is 0 Å². The summed E-state index contributed by atoms with van der Waals surface area (Å²) < 4.78 is 5.00. The van der Waals surface area contributed by atoms with Crippen LogP contribution in [-0.2, 0) is 4.74 Å². The van der Waals surface area contributed by atoms with Crippen LogP contribution in [0.25, 0.3) is 0 Å². The summed E-state index contributed by atoms with van der Waals surface area (Å²) in [7, 11) is 0. The fourth-order valence-corrected chi connectivity index (χ4v) is 0.856. The smallest absolute Gasteiger partial charge is 0.338 e. The zero-order valence-corrected chi connectivity index (χ0v) is 10.3. The molecule has 0 heterocycles. The lowest BCUT2D eigenvalue weighted by atomic mass is 10.2. The highest BCUT2D eigenvalue weighted by Crippen LogP contribution is 2.02. The Bertz CT molecular complexity index is 289. The van der Waals surface area contributed by atoms with Crippen LogP contribution >= 0.6 is 0 Å². The van der Waals surface area contributed by atoms with Gasteiger partial charge in [0.15, 0.2) is 0 Å². The molecule has 0 atom stereocenters. The average Bonchev–Trinajstić information content (AvgIpc) is 2.17. The molecule has 1 N–H and O–H groups in total. The van der Waals surface area contributed by atoms with Crippen LogP contribution in [0.4, 0.5) is 0 Å². The van der Waals surface area contributed by atoms with E-state index in [1.54, 1.807) is 26.0 Å². The summed E-state index contributed by atoms with van der Waals surface area (Å²) >= 11 is 0. The number of rotatable bonds is 2. The molecule has 0 amide bonds. The van der Waals surface area contributed by atoms with Gasteiger partial charge in [-0.15, -0.1) is 0 Å². The lowest BCUT2D eigenvalue weighted by Gasteiger charge is -2.06. The molecule has 0 spiro atoms. The van der Waals surface area contributed by atoms with Crippen LogP contribution in [0, 0.1) is 0 Å². The maximum atomic E-state index is 11.2. The Morgan fingerprint density at radius 3 is 1.94 bits per heavy atom. The van der Waals surface area contributed by atoms with E-state index in [9.17, 15) is 4.79 Å². The molecule has 16 heavy (non-hydrogen) atoms. The zero-order valence-electron chi connectivity index (χ0n) is 10.3. The molecule has 3 nitrogen and oxygen atoms in total. The quantitative estimate of drug-likeness (QED) is 0.785. The zero-order chi connectivity index (χ0) is 12.6. The Morgan fingerprint density at radius 2 is 1.56 bits per heavy atom. The van der Waals surface area contributed by atoms with E-state index in [0.717, 1.165) is 0 Å². The van der Waals surface area contributed by atoms with Crippen LogP contribution in [0.15, 0.2) is 30.3 Å². The van der Waals surface area contributed by atoms with Gasteiger partial charge >= 0.3 is 5.97 Å². The molecule has 0 fully saturated rings. The number of aliphatic hydroxyl groups excluding tert-OH is 1. The summed E-state index contributed by atoms with van der Waals surface area (Å²) in [6.45, 7) is 7.11. The van der Waals surface area contributed by atoms with E-state index >= 15 is 0 Å².